The molecule has 94 heavy (non-hydrogen) atoms. The van der Waals surface area contributed by atoms with Crippen LogP contribution in [0.25, 0.3) is 0 Å². The minimum atomic E-state index is -1.62. The molecule has 0 aliphatic carbocycles. The lowest BCUT2D eigenvalue weighted by atomic mass is 9.99. The van der Waals surface area contributed by atoms with Gasteiger partial charge in [0, 0.05) is 6.42 Å². The first-order chi connectivity index (χ1) is 46.2. The Balaban J connectivity index is 2.53. The number of ether oxygens (including phenoxy) is 3. The number of aliphatic hydroxyl groups is 5. The zero-order valence-corrected chi connectivity index (χ0v) is 60.3. The van der Waals surface area contributed by atoms with Crippen LogP contribution in [0.2, 0.25) is 0 Å². The fraction of sp³-hybridized carbons (Fsp3) is 0.735. The summed E-state index contributed by atoms with van der Waals surface area (Å²) >= 11 is 0. The van der Waals surface area contributed by atoms with Gasteiger partial charge in [0.2, 0.25) is 5.91 Å². The average Bonchev–Trinajstić information content (AvgIpc) is 0.828. The second kappa shape index (κ2) is 69.0. The molecule has 0 radical (unpaired) electrons. The molecule has 1 saturated heterocycles. The Labute approximate surface area is 576 Å². The van der Waals surface area contributed by atoms with Crippen LogP contribution in [0.5, 0.6) is 0 Å². The Morgan fingerprint density at radius 3 is 1.17 bits per heavy atom. The number of allylic oxidation sites excluding steroid dienone is 19. The predicted molar refractivity (Wildman–Crippen MR) is 398 cm³/mol. The van der Waals surface area contributed by atoms with Crippen molar-refractivity contribution in [3.05, 3.63) is 122 Å². The van der Waals surface area contributed by atoms with Crippen LogP contribution in [0.3, 0.4) is 0 Å². The summed E-state index contributed by atoms with van der Waals surface area (Å²) in [5.41, 5.74) is 0. The predicted octanol–water partition coefficient (Wildman–Crippen LogP) is 20.9. The van der Waals surface area contributed by atoms with Gasteiger partial charge in [0.15, 0.2) is 12.4 Å². The van der Waals surface area contributed by atoms with Crippen molar-refractivity contribution >= 4 is 11.9 Å². The van der Waals surface area contributed by atoms with Gasteiger partial charge in [-0.05, 0) is 116 Å². The fourth-order valence-corrected chi connectivity index (χ4v) is 11.5. The van der Waals surface area contributed by atoms with Crippen LogP contribution >= 0.6 is 0 Å². The number of rotatable bonds is 66. The highest BCUT2D eigenvalue weighted by Crippen LogP contribution is 2.26. The Morgan fingerprint density at radius 2 is 0.766 bits per heavy atom. The number of esters is 1. The maximum absolute atomic E-state index is 13.5. The van der Waals surface area contributed by atoms with Crippen molar-refractivity contribution in [2.24, 2.45) is 0 Å². The summed E-state index contributed by atoms with van der Waals surface area (Å²) in [5.74, 6) is -1.20. The van der Waals surface area contributed by atoms with E-state index in [-0.39, 0.29) is 19.4 Å². The maximum atomic E-state index is 13.5. The van der Waals surface area contributed by atoms with Gasteiger partial charge in [-0.1, -0.05) is 328 Å². The molecule has 540 valence electrons. The average molecular weight is 1320 g/mol. The quantitative estimate of drug-likeness (QED) is 0.0195. The van der Waals surface area contributed by atoms with Gasteiger partial charge in [-0.3, -0.25) is 9.59 Å². The Kier molecular flexibility index (Phi) is 64.6. The molecule has 8 atom stereocenters. The number of carbonyl (C=O) groups excluding carboxylic acids is 2. The highest BCUT2D eigenvalue weighted by molar-refractivity contribution is 5.80. The van der Waals surface area contributed by atoms with Crippen molar-refractivity contribution in [2.75, 3.05) is 13.2 Å². The van der Waals surface area contributed by atoms with E-state index >= 15 is 0 Å². The summed E-state index contributed by atoms with van der Waals surface area (Å²) in [6, 6.07) is -1.04. The van der Waals surface area contributed by atoms with Crippen LogP contribution in [0.15, 0.2) is 122 Å². The van der Waals surface area contributed by atoms with E-state index in [0.717, 1.165) is 128 Å². The molecule has 0 aromatic rings. The normalized spacial score (nSPS) is 18.5. The van der Waals surface area contributed by atoms with Gasteiger partial charge in [0.1, 0.15) is 24.4 Å². The molecule has 0 bridgehead atoms. The molecule has 1 rings (SSSR count). The minimum Gasteiger partial charge on any atom is -0.454 e. The zero-order chi connectivity index (χ0) is 68.1. The van der Waals surface area contributed by atoms with Crippen molar-refractivity contribution in [1.29, 1.82) is 0 Å². The number of nitrogens with one attached hydrogen (secondary N) is 1. The number of amides is 1. The molecule has 11 heteroatoms. The molecule has 1 fully saturated rings. The van der Waals surface area contributed by atoms with E-state index in [1.54, 1.807) is 6.08 Å². The molecular weight excluding hydrogens is 1170 g/mol. The first kappa shape index (κ1) is 88.1. The second-order valence-electron chi connectivity index (χ2n) is 26.4. The van der Waals surface area contributed by atoms with Gasteiger partial charge in [-0.15, -0.1) is 0 Å². The lowest BCUT2D eigenvalue weighted by molar-refractivity contribution is -0.305. The third-order valence-corrected chi connectivity index (χ3v) is 17.6. The van der Waals surface area contributed by atoms with Gasteiger partial charge in [0.05, 0.1) is 25.4 Å². The minimum absolute atomic E-state index is 0.117. The van der Waals surface area contributed by atoms with Crippen LogP contribution in [0.1, 0.15) is 329 Å². The smallest absolute Gasteiger partial charge is 0.306 e. The standard InChI is InChI=1S/C83H143NO10/c1-4-7-10-13-16-19-22-25-27-29-31-33-35-37-39-41-43-45-47-49-51-53-56-59-62-65-68-71-78(88)94-81-80(90)79(89)77(72-85)93-83(81)92-73-74(75(86)69-66-63-60-57-54-24-21-18-15-12-9-6-3)84-82(91)76(87)70-67-64-61-58-55-52-50-48-46-44-42-40-38-36-34-32-30-28-26-23-20-17-14-11-8-5-2/h8,11,16-17,19-20,25-28,31-34,38,40,44,46,66,69,74-77,79-81,83,85-87,89-90H,4-7,9-10,12-15,18,21-24,29-30,35-37,39,41-43,45,47-65,67-68,70-73H2,1-3H3,(H,84,91)/b11-8-,19-16-,20-17-,27-25-,28-26-,33-31-,34-32-,40-38-,46-44-,69-66+. The van der Waals surface area contributed by atoms with E-state index < -0.39 is 67.4 Å². The molecule has 0 aromatic carbocycles. The van der Waals surface area contributed by atoms with E-state index in [4.69, 9.17) is 14.2 Å². The number of hydrogen-bond donors (Lipinski definition) is 6. The summed E-state index contributed by atoms with van der Waals surface area (Å²) in [7, 11) is 0. The highest BCUT2D eigenvalue weighted by atomic mass is 16.7. The van der Waals surface area contributed by atoms with Gasteiger partial charge >= 0.3 is 5.97 Å². The van der Waals surface area contributed by atoms with Crippen molar-refractivity contribution < 1.29 is 49.3 Å². The molecule has 1 amide bonds. The van der Waals surface area contributed by atoms with Crippen molar-refractivity contribution in [1.82, 2.24) is 5.32 Å². The number of carbonyl (C=O) groups is 2. The van der Waals surface area contributed by atoms with Gasteiger partial charge in [-0.25, -0.2) is 0 Å². The van der Waals surface area contributed by atoms with Crippen LogP contribution in [0, 0.1) is 0 Å². The number of unbranched alkanes of at least 4 members (excludes halogenated alkanes) is 34. The second-order valence-corrected chi connectivity index (χ2v) is 26.4. The van der Waals surface area contributed by atoms with E-state index in [1.807, 2.05) is 6.08 Å². The van der Waals surface area contributed by atoms with Crippen LogP contribution in [-0.4, -0.2) is 99.6 Å². The van der Waals surface area contributed by atoms with E-state index in [2.05, 4.69) is 135 Å². The molecule has 8 unspecified atom stereocenters. The van der Waals surface area contributed by atoms with Crippen molar-refractivity contribution in [3.63, 3.8) is 0 Å². The molecule has 1 aliphatic heterocycles. The highest BCUT2D eigenvalue weighted by Gasteiger charge is 2.47. The summed E-state index contributed by atoms with van der Waals surface area (Å²) < 4.78 is 17.7. The van der Waals surface area contributed by atoms with E-state index in [0.29, 0.717) is 12.8 Å². The topological polar surface area (TPSA) is 175 Å². The molecule has 0 saturated carbocycles. The van der Waals surface area contributed by atoms with Gasteiger partial charge in [0.25, 0.3) is 0 Å². The monoisotopic (exact) mass is 1310 g/mol. The SMILES string of the molecule is CC/C=C\C/C=C\C/C=C\C/C=C\C/C=C\C/C=C\CCCCCCCCCC(O)C(=O)NC(COC1OC(CO)C(O)C(O)C1OC(=O)CCCCCCCCCCCCCCCC/C=C\C/C=C\C/C=C\CCCCC)C(O)/C=C/CCCCCCCCCCCC. The Morgan fingerprint density at radius 1 is 0.426 bits per heavy atom. The summed E-state index contributed by atoms with van der Waals surface area (Å²) in [6.45, 7) is 5.67. The van der Waals surface area contributed by atoms with Gasteiger partial charge < -0.3 is 45.1 Å². The maximum Gasteiger partial charge on any atom is 0.306 e. The zero-order valence-electron chi connectivity index (χ0n) is 60.3. The first-order valence-electron chi connectivity index (χ1n) is 38.8. The molecule has 6 N–H and O–H groups in total. The first-order valence-corrected chi connectivity index (χ1v) is 38.8. The summed E-state index contributed by atoms with van der Waals surface area (Å²) in [4.78, 5) is 26.8. The lowest BCUT2D eigenvalue weighted by Crippen LogP contribution is -2.61. The third-order valence-electron chi connectivity index (χ3n) is 17.6. The number of aliphatic hydroxyl groups excluding tert-OH is 5. The molecular formula is C83H143NO10. The molecule has 11 nitrogen and oxygen atoms in total. The van der Waals surface area contributed by atoms with E-state index in [1.165, 1.54) is 154 Å². The fourth-order valence-electron chi connectivity index (χ4n) is 11.5. The third kappa shape index (κ3) is 55.1. The van der Waals surface area contributed by atoms with E-state index in [9.17, 15) is 35.1 Å². The Hall–Kier alpha value is -3.94. The van der Waals surface area contributed by atoms with Gasteiger partial charge in [-0.2, -0.15) is 0 Å². The summed E-state index contributed by atoms with van der Waals surface area (Å²) in [6.07, 6.45) is 86.7. The molecule has 0 spiro atoms. The molecule has 1 heterocycles. The van der Waals surface area contributed by atoms with Crippen molar-refractivity contribution in [3.8, 4) is 0 Å². The van der Waals surface area contributed by atoms with Crippen LogP contribution in [0.4, 0.5) is 0 Å². The Bertz CT molecular complexity index is 2000. The lowest BCUT2D eigenvalue weighted by Gasteiger charge is -2.41. The molecule has 0 aromatic heterocycles. The van der Waals surface area contributed by atoms with Crippen LogP contribution in [-0.2, 0) is 23.8 Å². The summed E-state index contributed by atoms with van der Waals surface area (Å²) in [5, 5.41) is 57.4. The van der Waals surface area contributed by atoms with Crippen LogP contribution < -0.4 is 5.32 Å². The number of hydrogen-bond acceptors (Lipinski definition) is 10. The molecule has 1 aliphatic rings. The van der Waals surface area contributed by atoms with Crippen molar-refractivity contribution in [2.45, 2.75) is 378 Å². The largest absolute Gasteiger partial charge is 0.454 e.